The summed E-state index contributed by atoms with van der Waals surface area (Å²) in [5, 5.41) is 0. The molecule has 0 radical (unpaired) electrons. The fourth-order valence-electron chi connectivity index (χ4n) is 1.72. The first kappa shape index (κ1) is 13.1. The monoisotopic (exact) mass is 256 g/mol. The second-order valence-corrected chi connectivity index (χ2v) is 4.23. The first-order valence-corrected chi connectivity index (χ1v) is 6.11. The van der Waals surface area contributed by atoms with Crippen molar-refractivity contribution < 1.29 is 14.3 Å². The Bertz CT molecular complexity index is 532. The van der Waals surface area contributed by atoms with Gasteiger partial charge in [-0.05, 0) is 36.8 Å². The fraction of sp³-hybridized carbons (Fsp3) is 0.188. The number of methoxy groups -OCH3 is 1. The summed E-state index contributed by atoms with van der Waals surface area (Å²) in [5.74, 6) is 0.753. The van der Waals surface area contributed by atoms with Gasteiger partial charge in [-0.2, -0.15) is 0 Å². The molecule has 1 unspecified atom stereocenters. The van der Waals surface area contributed by atoms with E-state index in [-0.39, 0.29) is 11.9 Å². The quantitative estimate of drug-likeness (QED) is 0.621. The molecule has 0 saturated carbocycles. The molecule has 19 heavy (non-hydrogen) atoms. The van der Waals surface area contributed by atoms with Crippen LogP contribution in [0.5, 0.6) is 11.5 Å². The lowest BCUT2D eigenvalue weighted by molar-refractivity contribution is -0.135. The highest BCUT2D eigenvalue weighted by Gasteiger charge is 2.17. The minimum atomic E-state index is -0.314. The van der Waals surface area contributed by atoms with E-state index in [2.05, 4.69) is 0 Å². The number of hydrogen-bond acceptors (Lipinski definition) is 3. The zero-order valence-electron chi connectivity index (χ0n) is 11.0. The van der Waals surface area contributed by atoms with Gasteiger partial charge < -0.3 is 9.47 Å². The molecule has 0 aliphatic carbocycles. The summed E-state index contributed by atoms with van der Waals surface area (Å²) in [6, 6.07) is 16.5. The molecular formula is C16H16O3. The van der Waals surface area contributed by atoms with Crippen molar-refractivity contribution in [2.75, 3.05) is 7.11 Å². The van der Waals surface area contributed by atoms with Crippen LogP contribution in [0.2, 0.25) is 0 Å². The van der Waals surface area contributed by atoms with Crippen LogP contribution in [-0.4, -0.2) is 13.1 Å². The summed E-state index contributed by atoms with van der Waals surface area (Å²) in [6.45, 7) is 1.83. The third kappa shape index (κ3) is 3.35. The van der Waals surface area contributed by atoms with E-state index in [9.17, 15) is 4.79 Å². The van der Waals surface area contributed by atoms with Crippen molar-refractivity contribution in [2.45, 2.75) is 12.8 Å². The number of ether oxygens (including phenoxy) is 2. The predicted octanol–water partition coefficient (Wildman–Crippen LogP) is 3.40. The molecule has 0 heterocycles. The summed E-state index contributed by atoms with van der Waals surface area (Å²) in [5.41, 5.74) is 0.904. The SMILES string of the molecule is COc1ccc(C(C)C(=O)Oc2ccccc2)cc1. The molecule has 0 fully saturated rings. The molecule has 0 amide bonds. The van der Waals surface area contributed by atoms with Gasteiger partial charge in [-0.25, -0.2) is 0 Å². The second-order valence-electron chi connectivity index (χ2n) is 4.23. The second kappa shape index (κ2) is 6.05. The highest BCUT2D eigenvalue weighted by Crippen LogP contribution is 2.21. The summed E-state index contributed by atoms with van der Waals surface area (Å²) in [7, 11) is 1.61. The highest BCUT2D eigenvalue weighted by molar-refractivity contribution is 5.79. The van der Waals surface area contributed by atoms with E-state index in [1.54, 1.807) is 19.2 Å². The summed E-state index contributed by atoms with van der Waals surface area (Å²) in [6.07, 6.45) is 0. The Kier molecular flexibility index (Phi) is 4.18. The van der Waals surface area contributed by atoms with Gasteiger partial charge in [0, 0.05) is 0 Å². The molecule has 3 nitrogen and oxygen atoms in total. The molecule has 0 spiro atoms. The zero-order valence-corrected chi connectivity index (χ0v) is 11.0. The van der Waals surface area contributed by atoms with Crippen LogP contribution < -0.4 is 9.47 Å². The van der Waals surface area contributed by atoms with E-state index in [1.807, 2.05) is 49.4 Å². The lowest BCUT2D eigenvalue weighted by atomic mass is 10.0. The van der Waals surface area contributed by atoms with Crippen molar-refractivity contribution in [3.8, 4) is 11.5 Å². The maximum atomic E-state index is 12.0. The molecule has 3 heteroatoms. The van der Waals surface area contributed by atoms with Gasteiger partial charge in [-0.1, -0.05) is 30.3 Å². The number of rotatable bonds is 4. The Morgan fingerprint density at radius 3 is 2.16 bits per heavy atom. The van der Waals surface area contributed by atoms with Gasteiger partial charge >= 0.3 is 5.97 Å². The average Bonchev–Trinajstić information content (AvgIpc) is 2.47. The van der Waals surface area contributed by atoms with Crippen molar-refractivity contribution in [3.63, 3.8) is 0 Å². The Hall–Kier alpha value is -2.29. The normalized spacial score (nSPS) is 11.7. The predicted molar refractivity (Wildman–Crippen MR) is 73.5 cm³/mol. The van der Waals surface area contributed by atoms with Crippen molar-refractivity contribution in [1.29, 1.82) is 0 Å². The minimum absolute atomic E-state index is 0.267. The van der Waals surface area contributed by atoms with Crippen LogP contribution in [0, 0.1) is 0 Å². The lowest BCUT2D eigenvalue weighted by Gasteiger charge is -2.12. The third-order valence-corrected chi connectivity index (χ3v) is 2.93. The van der Waals surface area contributed by atoms with E-state index in [1.165, 1.54) is 0 Å². The van der Waals surface area contributed by atoms with Crippen LogP contribution >= 0.6 is 0 Å². The van der Waals surface area contributed by atoms with E-state index in [4.69, 9.17) is 9.47 Å². The largest absolute Gasteiger partial charge is 0.497 e. The van der Waals surface area contributed by atoms with Crippen LogP contribution in [0.4, 0.5) is 0 Å². The number of para-hydroxylation sites is 1. The fourth-order valence-corrected chi connectivity index (χ4v) is 1.72. The summed E-state index contributed by atoms with van der Waals surface area (Å²) < 4.78 is 10.4. The van der Waals surface area contributed by atoms with Crippen LogP contribution in [0.1, 0.15) is 18.4 Å². The van der Waals surface area contributed by atoms with E-state index >= 15 is 0 Å². The van der Waals surface area contributed by atoms with Crippen molar-refractivity contribution in [3.05, 3.63) is 60.2 Å². The minimum Gasteiger partial charge on any atom is -0.497 e. The molecular weight excluding hydrogens is 240 g/mol. The topological polar surface area (TPSA) is 35.5 Å². The molecule has 0 saturated heterocycles. The van der Waals surface area contributed by atoms with Gasteiger partial charge in [-0.15, -0.1) is 0 Å². The van der Waals surface area contributed by atoms with E-state index in [0.717, 1.165) is 11.3 Å². The molecule has 0 aliphatic heterocycles. The Morgan fingerprint density at radius 1 is 0.947 bits per heavy atom. The number of esters is 1. The molecule has 0 bridgehead atoms. The van der Waals surface area contributed by atoms with Crippen molar-refractivity contribution >= 4 is 5.97 Å². The average molecular weight is 256 g/mol. The van der Waals surface area contributed by atoms with Crippen LogP contribution in [0.3, 0.4) is 0 Å². The number of hydrogen-bond donors (Lipinski definition) is 0. The molecule has 0 N–H and O–H groups in total. The molecule has 0 aliphatic rings. The van der Waals surface area contributed by atoms with Gasteiger partial charge in [0.2, 0.25) is 0 Å². The lowest BCUT2D eigenvalue weighted by Crippen LogP contribution is -2.16. The Balaban J connectivity index is 2.06. The number of carbonyl (C=O) groups is 1. The molecule has 98 valence electrons. The highest BCUT2D eigenvalue weighted by atomic mass is 16.5. The molecule has 2 aromatic carbocycles. The van der Waals surface area contributed by atoms with Crippen molar-refractivity contribution in [1.82, 2.24) is 0 Å². The Morgan fingerprint density at radius 2 is 1.58 bits per heavy atom. The van der Waals surface area contributed by atoms with E-state index in [0.29, 0.717) is 5.75 Å². The zero-order chi connectivity index (χ0) is 13.7. The smallest absolute Gasteiger partial charge is 0.318 e. The first-order chi connectivity index (χ1) is 9.20. The molecule has 2 aromatic rings. The molecule has 0 aromatic heterocycles. The number of carbonyl (C=O) groups excluding carboxylic acids is 1. The van der Waals surface area contributed by atoms with Gasteiger partial charge in [0.05, 0.1) is 13.0 Å². The molecule has 2 rings (SSSR count). The maximum Gasteiger partial charge on any atom is 0.318 e. The Labute approximate surface area is 112 Å². The third-order valence-electron chi connectivity index (χ3n) is 2.93. The van der Waals surface area contributed by atoms with Crippen LogP contribution in [-0.2, 0) is 4.79 Å². The maximum absolute atomic E-state index is 12.0. The van der Waals surface area contributed by atoms with Gasteiger partial charge in [0.1, 0.15) is 11.5 Å². The van der Waals surface area contributed by atoms with Crippen LogP contribution in [0.15, 0.2) is 54.6 Å². The van der Waals surface area contributed by atoms with Gasteiger partial charge in [0.25, 0.3) is 0 Å². The first-order valence-electron chi connectivity index (χ1n) is 6.11. The molecule has 1 atom stereocenters. The van der Waals surface area contributed by atoms with Gasteiger partial charge in [0.15, 0.2) is 0 Å². The standard InChI is InChI=1S/C16H16O3/c1-12(13-8-10-14(18-2)11-9-13)16(17)19-15-6-4-3-5-7-15/h3-12H,1-2H3. The number of benzene rings is 2. The summed E-state index contributed by atoms with van der Waals surface area (Å²) in [4.78, 5) is 12.0. The van der Waals surface area contributed by atoms with Crippen LogP contribution in [0.25, 0.3) is 0 Å². The summed E-state index contributed by atoms with van der Waals surface area (Å²) >= 11 is 0. The van der Waals surface area contributed by atoms with Gasteiger partial charge in [-0.3, -0.25) is 4.79 Å². The van der Waals surface area contributed by atoms with Crippen molar-refractivity contribution in [2.24, 2.45) is 0 Å². The van der Waals surface area contributed by atoms with E-state index < -0.39 is 0 Å².